The van der Waals surface area contributed by atoms with Gasteiger partial charge in [-0.05, 0) is 62.7 Å². The van der Waals surface area contributed by atoms with E-state index in [4.69, 9.17) is 9.47 Å². The van der Waals surface area contributed by atoms with Gasteiger partial charge in [0.15, 0.2) is 0 Å². The van der Waals surface area contributed by atoms with E-state index in [-0.39, 0.29) is 40.3 Å². The third kappa shape index (κ3) is 3.09. The molecule has 4 nitrogen and oxygen atoms in total. The minimum atomic E-state index is -0.759. The van der Waals surface area contributed by atoms with Crippen molar-refractivity contribution in [3.63, 3.8) is 0 Å². The Hall–Kier alpha value is -0.160. The molecule has 0 aromatic rings. The molecule has 33 heavy (non-hydrogen) atoms. The summed E-state index contributed by atoms with van der Waals surface area (Å²) >= 11 is 0. The minimum Gasteiger partial charge on any atom is -0.393 e. The van der Waals surface area contributed by atoms with Crippen molar-refractivity contribution in [1.29, 1.82) is 0 Å². The Kier molecular flexibility index (Phi) is 6.35. The summed E-state index contributed by atoms with van der Waals surface area (Å²) in [7, 11) is 0. The SMILES string of the molecule is CC1(C)OC(C)(CO)[C@@](C)(C[C@@]2(C)OC(C)(CO)C(C)(C)C(C)(C)C2(C)C)C(C)(C)C1(C)C. The fourth-order valence-electron chi connectivity index (χ4n) is 7.54. The second-order valence-corrected chi connectivity index (χ2v) is 15.4. The van der Waals surface area contributed by atoms with Crippen LogP contribution < -0.4 is 0 Å². The van der Waals surface area contributed by atoms with Crippen LogP contribution in [-0.4, -0.2) is 45.8 Å². The van der Waals surface area contributed by atoms with Gasteiger partial charge in [-0.25, -0.2) is 0 Å². The van der Waals surface area contributed by atoms with Crippen LogP contribution in [0.2, 0.25) is 0 Å². The number of rotatable bonds is 4. The molecule has 0 aromatic carbocycles. The average Bonchev–Trinajstić information content (AvgIpc) is 2.64. The summed E-state index contributed by atoms with van der Waals surface area (Å²) in [5, 5.41) is 21.4. The van der Waals surface area contributed by atoms with E-state index in [9.17, 15) is 10.2 Å². The number of hydrogen-bond donors (Lipinski definition) is 2. The molecule has 0 aromatic heterocycles. The van der Waals surface area contributed by atoms with Crippen molar-refractivity contribution in [2.75, 3.05) is 13.2 Å². The lowest BCUT2D eigenvalue weighted by Crippen LogP contribution is -2.77. The van der Waals surface area contributed by atoms with E-state index >= 15 is 0 Å². The summed E-state index contributed by atoms with van der Waals surface area (Å²) in [6.07, 6.45) is 0.700. The minimum absolute atomic E-state index is 0.0402. The van der Waals surface area contributed by atoms with E-state index in [2.05, 4.69) is 111 Å². The maximum absolute atomic E-state index is 10.8. The summed E-state index contributed by atoms with van der Waals surface area (Å²) in [5.74, 6) is 0. The second-order valence-electron chi connectivity index (χ2n) is 15.4. The molecule has 2 N–H and O–H groups in total. The van der Waals surface area contributed by atoms with E-state index in [1.165, 1.54) is 0 Å². The van der Waals surface area contributed by atoms with Crippen LogP contribution in [0.5, 0.6) is 0 Å². The quantitative estimate of drug-likeness (QED) is 0.487. The average molecular weight is 469 g/mol. The fourth-order valence-corrected chi connectivity index (χ4v) is 7.54. The molecule has 4 atom stereocenters. The molecule has 0 aliphatic carbocycles. The van der Waals surface area contributed by atoms with Crippen molar-refractivity contribution in [3.8, 4) is 0 Å². The normalized spacial score (nSPS) is 44.9. The molecule has 0 saturated carbocycles. The van der Waals surface area contributed by atoms with E-state index in [1.807, 2.05) is 0 Å². The van der Waals surface area contributed by atoms with Crippen LogP contribution in [0.25, 0.3) is 0 Å². The summed E-state index contributed by atoms with van der Waals surface area (Å²) in [5.41, 5.74) is -3.90. The Morgan fingerprint density at radius 1 is 0.424 bits per heavy atom. The van der Waals surface area contributed by atoms with Gasteiger partial charge in [-0.2, -0.15) is 0 Å². The van der Waals surface area contributed by atoms with Crippen LogP contribution in [0.4, 0.5) is 0 Å². The molecule has 196 valence electrons. The van der Waals surface area contributed by atoms with Crippen molar-refractivity contribution in [2.24, 2.45) is 32.5 Å². The van der Waals surface area contributed by atoms with Gasteiger partial charge in [-0.1, -0.05) is 76.2 Å². The van der Waals surface area contributed by atoms with Gasteiger partial charge in [0, 0.05) is 10.8 Å². The topological polar surface area (TPSA) is 58.9 Å². The largest absolute Gasteiger partial charge is 0.393 e. The molecule has 0 bridgehead atoms. The van der Waals surface area contributed by atoms with E-state index < -0.39 is 27.8 Å². The van der Waals surface area contributed by atoms with Gasteiger partial charge in [0.2, 0.25) is 0 Å². The highest BCUT2D eigenvalue weighted by Gasteiger charge is 2.74. The second kappa shape index (κ2) is 7.20. The van der Waals surface area contributed by atoms with Gasteiger partial charge in [0.05, 0.1) is 35.6 Å². The first kappa shape index (κ1) is 29.1. The molecule has 0 amide bonds. The third-order valence-electron chi connectivity index (χ3n) is 13.6. The first-order chi connectivity index (χ1) is 14.2. The molecular weight excluding hydrogens is 412 g/mol. The van der Waals surface area contributed by atoms with Crippen molar-refractivity contribution in [3.05, 3.63) is 0 Å². The highest BCUT2D eigenvalue weighted by atomic mass is 16.5. The summed E-state index contributed by atoms with van der Waals surface area (Å²) in [4.78, 5) is 0. The maximum atomic E-state index is 10.8. The van der Waals surface area contributed by atoms with Gasteiger partial charge < -0.3 is 19.7 Å². The molecule has 2 unspecified atom stereocenters. The molecule has 2 rings (SSSR count). The third-order valence-corrected chi connectivity index (χ3v) is 13.6. The summed E-state index contributed by atoms with van der Waals surface area (Å²) in [6.45, 7) is 35.8. The maximum Gasteiger partial charge on any atom is 0.0951 e. The van der Waals surface area contributed by atoms with Crippen LogP contribution in [0.1, 0.15) is 117 Å². The molecule has 2 fully saturated rings. The molecule has 2 heterocycles. The van der Waals surface area contributed by atoms with Crippen molar-refractivity contribution in [2.45, 2.75) is 140 Å². The Bertz CT molecular complexity index is 776. The zero-order chi connectivity index (χ0) is 26.5. The van der Waals surface area contributed by atoms with E-state index in [0.29, 0.717) is 6.42 Å². The van der Waals surface area contributed by atoms with Gasteiger partial charge in [0.1, 0.15) is 0 Å². The standard InChI is InChI=1S/C29H56O4/c1-20(2)23(7,8)27(14,33-28(15,18-30)24(20,9)10)17-26(13)22(5,6)21(3,4)25(11,12)32-29(26,16)19-31/h30-31H,17-19H2,1-16H3/t26-,27+,28?,29?/m0/s1. The first-order valence-corrected chi connectivity index (χ1v) is 12.9. The van der Waals surface area contributed by atoms with Crippen molar-refractivity contribution < 1.29 is 19.7 Å². The highest BCUT2D eigenvalue weighted by Crippen LogP contribution is 2.73. The Balaban J connectivity index is 2.81. The zero-order valence-corrected chi connectivity index (χ0v) is 24.8. The number of ether oxygens (including phenoxy) is 2. The number of hydrogen-bond acceptors (Lipinski definition) is 4. The lowest BCUT2D eigenvalue weighted by atomic mass is 9.38. The highest BCUT2D eigenvalue weighted by molar-refractivity contribution is 5.22. The lowest BCUT2D eigenvalue weighted by Gasteiger charge is -2.75. The van der Waals surface area contributed by atoms with Crippen LogP contribution in [0, 0.1) is 32.5 Å². The Morgan fingerprint density at radius 2 is 0.818 bits per heavy atom. The number of aliphatic hydroxyl groups is 2. The van der Waals surface area contributed by atoms with Crippen LogP contribution in [-0.2, 0) is 9.47 Å². The molecule has 2 aliphatic heterocycles. The van der Waals surface area contributed by atoms with E-state index in [1.54, 1.807) is 0 Å². The van der Waals surface area contributed by atoms with Gasteiger partial charge in [0.25, 0.3) is 0 Å². The van der Waals surface area contributed by atoms with Gasteiger partial charge in [-0.3, -0.25) is 0 Å². The molecule has 2 saturated heterocycles. The summed E-state index contributed by atoms with van der Waals surface area (Å²) in [6, 6.07) is 0. The fraction of sp³-hybridized carbons (Fsp3) is 1.00. The Morgan fingerprint density at radius 3 is 1.21 bits per heavy atom. The zero-order valence-electron chi connectivity index (χ0n) is 24.8. The molecule has 4 heteroatoms. The van der Waals surface area contributed by atoms with Crippen molar-refractivity contribution in [1.82, 2.24) is 0 Å². The van der Waals surface area contributed by atoms with Crippen LogP contribution >= 0.6 is 0 Å². The molecule has 0 spiro atoms. The molecule has 0 radical (unpaired) electrons. The predicted octanol–water partition coefficient (Wildman–Crippen LogP) is 6.61. The summed E-state index contributed by atoms with van der Waals surface area (Å²) < 4.78 is 14.0. The molecule has 2 aliphatic rings. The Labute approximate surface area is 205 Å². The van der Waals surface area contributed by atoms with Gasteiger partial charge >= 0.3 is 0 Å². The first-order valence-electron chi connectivity index (χ1n) is 12.9. The van der Waals surface area contributed by atoms with E-state index in [0.717, 1.165) is 0 Å². The van der Waals surface area contributed by atoms with Crippen molar-refractivity contribution >= 4 is 0 Å². The predicted molar refractivity (Wildman–Crippen MR) is 137 cm³/mol. The smallest absolute Gasteiger partial charge is 0.0951 e. The monoisotopic (exact) mass is 468 g/mol. The van der Waals surface area contributed by atoms with Gasteiger partial charge in [-0.15, -0.1) is 0 Å². The van der Waals surface area contributed by atoms with Crippen LogP contribution in [0.3, 0.4) is 0 Å². The lowest BCUT2D eigenvalue weighted by molar-refractivity contribution is -0.384. The number of aliphatic hydroxyl groups excluding tert-OH is 2. The van der Waals surface area contributed by atoms with Crippen LogP contribution in [0.15, 0.2) is 0 Å². The molecular formula is C29H56O4.